The minimum atomic E-state index is -0.0362. The van der Waals surface area contributed by atoms with E-state index < -0.39 is 0 Å². The molecule has 0 aliphatic carbocycles. The van der Waals surface area contributed by atoms with Crippen molar-refractivity contribution in [2.45, 2.75) is 19.4 Å². The first-order chi connectivity index (χ1) is 11.1. The molecule has 3 nitrogen and oxygen atoms in total. The molecule has 0 bridgehead atoms. The van der Waals surface area contributed by atoms with Crippen LogP contribution in [0.4, 0.5) is 0 Å². The maximum atomic E-state index is 11.9. The van der Waals surface area contributed by atoms with Crippen molar-refractivity contribution >= 4 is 29.1 Å². The number of carbonyl (C=O) groups is 1. The lowest BCUT2D eigenvalue weighted by Crippen LogP contribution is -2.36. The van der Waals surface area contributed by atoms with Crippen LogP contribution in [0.5, 0.6) is 0 Å². The highest BCUT2D eigenvalue weighted by Gasteiger charge is 2.10. The molecular weight excluding hydrogens is 331 g/mol. The van der Waals surface area contributed by atoms with E-state index in [0.29, 0.717) is 16.6 Å². The van der Waals surface area contributed by atoms with Crippen molar-refractivity contribution in [3.63, 3.8) is 0 Å². The summed E-state index contributed by atoms with van der Waals surface area (Å²) in [6, 6.07) is 15.3. The SMILES string of the molecule is C[C@H](NCC(=O)NCCc1cccc(Cl)c1)c1ccccc1Cl. The maximum absolute atomic E-state index is 11.9. The third-order valence-electron chi connectivity index (χ3n) is 3.57. The molecule has 2 aromatic carbocycles. The lowest BCUT2D eigenvalue weighted by atomic mass is 10.1. The minimum absolute atomic E-state index is 0.0161. The van der Waals surface area contributed by atoms with Crippen LogP contribution in [0.3, 0.4) is 0 Å². The average molecular weight is 351 g/mol. The molecule has 0 spiro atoms. The van der Waals surface area contributed by atoms with Gasteiger partial charge < -0.3 is 10.6 Å². The molecule has 0 heterocycles. The summed E-state index contributed by atoms with van der Waals surface area (Å²) in [6.07, 6.45) is 0.756. The first-order valence-electron chi connectivity index (χ1n) is 7.55. The molecule has 122 valence electrons. The van der Waals surface area contributed by atoms with E-state index in [9.17, 15) is 4.79 Å². The summed E-state index contributed by atoms with van der Waals surface area (Å²) in [4.78, 5) is 11.9. The highest BCUT2D eigenvalue weighted by Crippen LogP contribution is 2.21. The largest absolute Gasteiger partial charge is 0.355 e. The summed E-state index contributed by atoms with van der Waals surface area (Å²) >= 11 is 12.1. The van der Waals surface area contributed by atoms with E-state index in [1.54, 1.807) is 0 Å². The second kappa shape index (κ2) is 8.92. The molecule has 0 aliphatic rings. The van der Waals surface area contributed by atoms with Crippen molar-refractivity contribution in [2.75, 3.05) is 13.1 Å². The summed E-state index contributed by atoms with van der Waals surface area (Å²) in [7, 11) is 0. The van der Waals surface area contributed by atoms with Crippen molar-refractivity contribution in [3.8, 4) is 0 Å². The average Bonchev–Trinajstić information content (AvgIpc) is 2.53. The number of rotatable bonds is 7. The van der Waals surface area contributed by atoms with Crippen molar-refractivity contribution in [2.24, 2.45) is 0 Å². The van der Waals surface area contributed by atoms with E-state index in [0.717, 1.165) is 17.5 Å². The zero-order valence-electron chi connectivity index (χ0n) is 13.0. The fourth-order valence-electron chi connectivity index (χ4n) is 2.28. The van der Waals surface area contributed by atoms with Crippen molar-refractivity contribution < 1.29 is 4.79 Å². The van der Waals surface area contributed by atoms with E-state index >= 15 is 0 Å². The number of carbonyl (C=O) groups excluding carboxylic acids is 1. The molecule has 1 amide bonds. The van der Waals surface area contributed by atoms with Crippen LogP contribution in [-0.4, -0.2) is 19.0 Å². The molecule has 5 heteroatoms. The molecule has 1 atom stereocenters. The Labute approximate surface area is 147 Å². The van der Waals surface area contributed by atoms with Gasteiger partial charge in [-0.15, -0.1) is 0 Å². The van der Waals surface area contributed by atoms with Crippen molar-refractivity contribution in [1.82, 2.24) is 10.6 Å². The Hall–Kier alpha value is -1.55. The van der Waals surface area contributed by atoms with Gasteiger partial charge in [0.2, 0.25) is 5.91 Å². The smallest absolute Gasteiger partial charge is 0.233 e. The van der Waals surface area contributed by atoms with Gasteiger partial charge in [-0.05, 0) is 42.7 Å². The monoisotopic (exact) mass is 350 g/mol. The van der Waals surface area contributed by atoms with Gasteiger partial charge in [-0.2, -0.15) is 0 Å². The molecular formula is C18H20Cl2N2O. The van der Waals surface area contributed by atoms with Crippen LogP contribution < -0.4 is 10.6 Å². The van der Waals surface area contributed by atoms with Gasteiger partial charge in [0.1, 0.15) is 0 Å². The zero-order valence-corrected chi connectivity index (χ0v) is 14.5. The van der Waals surface area contributed by atoms with Gasteiger partial charge >= 0.3 is 0 Å². The number of benzene rings is 2. The van der Waals surface area contributed by atoms with Crippen molar-refractivity contribution in [3.05, 3.63) is 69.7 Å². The van der Waals surface area contributed by atoms with Gasteiger partial charge in [0.15, 0.2) is 0 Å². The predicted molar refractivity (Wildman–Crippen MR) is 96.0 cm³/mol. The highest BCUT2D eigenvalue weighted by molar-refractivity contribution is 6.31. The lowest BCUT2D eigenvalue weighted by molar-refractivity contribution is -0.120. The Balaban J connectivity index is 1.72. The Morgan fingerprint density at radius 1 is 1.13 bits per heavy atom. The number of hydrogen-bond acceptors (Lipinski definition) is 2. The van der Waals surface area contributed by atoms with E-state index in [-0.39, 0.29) is 18.5 Å². The lowest BCUT2D eigenvalue weighted by Gasteiger charge is -2.15. The molecule has 2 rings (SSSR count). The number of amides is 1. The molecule has 23 heavy (non-hydrogen) atoms. The molecule has 0 unspecified atom stereocenters. The molecule has 2 N–H and O–H groups in total. The third-order valence-corrected chi connectivity index (χ3v) is 4.14. The maximum Gasteiger partial charge on any atom is 0.233 e. The molecule has 2 aromatic rings. The van der Waals surface area contributed by atoms with Crippen LogP contribution in [0, 0.1) is 0 Å². The second-order valence-electron chi connectivity index (χ2n) is 5.35. The van der Waals surface area contributed by atoms with Crippen LogP contribution in [0.25, 0.3) is 0 Å². The Bertz CT molecular complexity index is 661. The van der Waals surface area contributed by atoms with Crippen LogP contribution >= 0.6 is 23.2 Å². The summed E-state index contributed by atoms with van der Waals surface area (Å²) in [6.45, 7) is 2.82. The van der Waals surface area contributed by atoms with E-state index in [1.807, 2.05) is 55.5 Å². The quantitative estimate of drug-likeness (QED) is 0.792. The molecule has 0 radical (unpaired) electrons. The number of halogens is 2. The summed E-state index contributed by atoms with van der Waals surface area (Å²) in [5.41, 5.74) is 2.09. The first-order valence-corrected chi connectivity index (χ1v) is 8.31. The van der Waals surface area contributed by atoms with Gasteiger partial charge in [0.25, 0.3) is 0 Å². The fourth-order valence-corrected chi connectivity index (χ4v) is 2.80. The van der Waals surface area contributed by atoms with Crippen LogP contribution in [0.15, 0.2) is 48.5 Å². The number of nitrogens with one attached hydrogen (secondary N) is 2. The van der Waals surface area contributed by atoms with Gasteiger partial charge in [0.05, 0.1) is 6.54 Å². The van der Waals surface area contributed by atoms with E-state index in [1.165, 1.54) is 0 Å². The van der Waals surface area contributed by atoms with Crippen LogP contribution in [0.2, 0.25) is 10.0 Å². The molecule has 0 fully saturated rings. The summed E-state index contributed by atoms with van der Waals surface area (Å²) in [5.74, 6) is -0.0362. The topological polar surface area (TPSA) is 41.1 Å². The number of hydrogen-bond donors (Lipinski definition) is 2. The van der Waals surface area contributed by atoms with Gasteiger partial charge in [-0.3, -0.25) is 4.79 Å². The van der Waals surface area contributed by atoms with Gasteiger partial charge in [-0.25, -0.2) is 0 Å². The zero-order chi connectivity index (χ0) is 16.7. The molecule has 0 saturated carbocycles. The standard InChI is InChI=1S/C18H20Cl2N2O/c1-13(16-7-2-3-8-17(16)20)22-12-18(23)21-10-9-14-5-4-6-15(19)11-14/h2-8,11,13,22H,9-10,12H2,1H3,(H,21,23)/t13-/m0/s1. The van der Waals surface area contributed by atoms with Crippen LogP contribution in [-0.2, 0) is 11.2 Å². The predicted octanol–water partition coefficient (Wildman–Crippen LogP) is 4.00. The summed E-state index contributed by atoms with van der Waals surface area (Å²) in [5, 5.41) is 7.49. The van der Waals surface area contributed by atoms with Crippen LogP contribution in [0.1, 0.15) is 24.1 Å². The Morgan fingerprint density at radius 2 is 1.91 bits per heavy atom. The summed E-state index contributed by atoms with van der Waals surface area (Å²) < 4.78 is 0. The van der Waals surface area contributed by atoms with Gasteiger partial charge in [-0.1, -0.05) is 53.5 Å². The second-order valence-corrected chi connectivity index (χ2v) is 6.20. The van der Waals surface area contributed by atoms with Crippen molar-refractivity contribution in [1.29, 1.82) is 0 Å². The first kappa shape index (κ1) is 17.8. The van der Waals surface area contributed by atoms with Gasteiger partial charge in [0, 0.05) is 22.6 Å². The minimum Gasteiger partial charge on any atom is -0.355 e. The van der Waals surface area contributed by atoms with E-state index in [2.05, 4.69) is 10.6 Å². The molecule has 0 saturated heterocycles. The fraction of sp³-hybridized carbons (Fsp3) is 0.278. The normalized spacial score (nSPS) is 12.0. The highest BCUT2D eigenvalue weighted by atomic mass is 35.5. The molecule has 0 aromatic heterocycles. The molecule has 0 aliphatic heterocycles. The van der Waals surface area contributed by atoms with E-state index in [4.69, 9.17) is 23.2 Å². The third kappa shape index (κ3) is 5.87. The Kier molecular flexibility index (Phi) is 6.90. The Morgan fingerprint density at radius 3 is 2.65 bits per heavy atom.